The first-order valence-electron chi connectivity index (χ1n) is 12.6. The van der Waals surface area contributed by atoms with Gasteiger partial charge in [-0.3, -0.25) is 9.97 Å². The normalized spacial score (nSPS) is 10.3. The Morgan fingerprint density at radius 1 is 0.625 bits per heavy atom. The van der Waals surface area contributed by atoms with E-state index in [9.17, 15) is 0 Å². The number of fused-ring (bicyclic) bond motifs is 4. The smallest absolute Gasteiger partial charge is 0.358 e. The Hall–Kier alpha value is -4.24. The average Bonchev–Trinajstić information content (AvgIpc) is 2.97. The summed E-state index contributed by atoms with van der Waals surface area (Å²) in [4.78, 5) is 13.7. The van der Waals surface area contributed by atoms with Gasteiger partial charge < -0.3 is 12.4 Å². The van der Waals surface area contributed by atoms with E-state index in [2.05, 4.69) is 96.6 Å². The largest absolute Gasteiger partial charge is 3.00 e. The maximum absolute atomic E-state index is 4.73. The van der Waals surface area contributed by atoms with E-state index in [1.807, 2.05) is 54.9 Å². The zero-order chi connectivity index (χ0) is 25.9. The van der Waals surface area contributed by atoms with Crippen LogP contribution in [0.15, 0.2) is 116 Å². The number of rotatable bonds is 2. The van der Waals surface area contributed by atoms with Crippen LogP contribution in [0, 0.1) is 33.4 Å². The van der Waals surface area contributed by atoms with Crippen molar-refractivity contribution in [3.8, 4) is 22.6 Å². The van der Waals surface area contributed by atoms with E-state index < -0.39 is 0 Å². The SMILES string of the molecule is Cc1[c-]c(-c2cc3ccccc3cn2)cc(C)c1.[CH3-].[Ir+3].[c-]1ccccc1-c1ncc2ccc3ccccc3c2n1. The predicted molar refractivity (Wildman–Crippen MR) is 163 cm³/mol. The number of aromatic nitrogens is 3. The van der Waals surface area contributed by atoms with Crippen LogP contribution in [0.4, 0.5) is 0 Å². The molecule has 2 heterocycles. The van der Waals surface area contributed by atoms with E-state index >= 15 is 0 Å². The van der Waals surface area contributed by atoms with Crippen LogP contribution < -0.4 is 0 Å². The molecule has 0 bridgehead atoms. The molecule has 0 N–H and O–H groups in total. The molecular weight excluding hydrogens is 667 g/mol. The Bertz CT molecular complexity index is 1880. The molecule has 2 aromatic heterocycles. The minimum atomic E-state index is 0. The van der Waals surface area contributed by atoms with Crippen molar-refractivity contribution in [3.63, 3.8) is 0 Å². The summed E-state index contributed by atoms with van der Waals surface area (Å²) in [5.74, 6) is 0.717. The van der Waals surface area contributed by atoms with Crippen molar-refractivity contribution in [3.05, 3.63) is 146 Å². The first-order chi connectivity index (χ1) is 18.6. The maximum Gasteiger partial charge on any atom is 3.00 e. The van der Waals surface area contributed by atoms with Crippen LogP contribution in [0.1, 0.15) is 11.1 Å². The first-order valence-corrected chi connectivity index (χ1v) is 12.6. The van der Waals surface area contributed by atoms with Gasteiger partial charge in [-0.25, -0.2) is 0 Å². The van der Waals surface area contributed by atoms with Crippen LogP contribution in [-0.4, -0.2) is 15.0 Å². The number of hydrogen-bond donors (Lipinski definition) is 0. The quantitative estimate of drug-likeness (QED) is 0.134. The standard InChI is InChI=1S/C18H11N2.C17H14N.CH3.Ir/c1-2-7-14(8-3-1)18-19-12-15-11-10-13-6-4-5-9-16(13)17(15)20-18;1-12-7-13(2)9-16(8-12)17-10-14-5-3-4-6-15(14)11-18-17;;/h1-7,9-12H;3-8,10-11H,1-2H3;1H3;/q3*-1;+3. The van der Waals surface area contributed by atoms with Crippen molar-refractivity contribution in [1.29, 1.82) is 0 Å². The van der Waals surface area contributed by atoms with Gasteiger partial charge in [-0.1, -0.05) is 80.6 Å². The molecule has 40 heavy (non-hydrogen) atoms. The Kier molecular flexibility index (Phi) is 9.16. The van der Waals surface area contributed by atoms with Gasteiger partial charge in [-0.2, -0.15) is 0 Å². The van der Waals surface area contributed by atoms with Crippen molar-refractivity contribution in [2.24, 2.45) is 0 Å². The topological polar surface area (TPSA) is 38.7 Å². The van der Waals surface area contributed by atoms with E-state index in [-0.39, 0.29) is 27.5 Å². The molecule has 0 aliphatic heterocycles. The molecule has 7 aromatic rings. The van der Waals surface area contributed by atoms with Gasteiger partial charge >= 0.3 is 20.1 Å². The molecule has 4 heteroatoms. The fourth-order valence-corrected chi connectivity index (χ4v) is 4.69. The second-order valence-electron chi connectivity index (χ2n) is 9.37. The summed E-state index contributed by atoms with van der Waals surface area (Å²) in [6, 6.07) is 41.4. The molecule has 5 aromatic carbocycles. The van der Waals surface area contributed by atoms with Gasteiger partial charge in [0, 0.05) is 23.2 Å². The molecule has 0 fully saturated rings. The van der Waals surface area contributed by atoms with E-state index in [1.54, 1.807) is 0 Å². The van der Waals surface area contributed by atoms with Gasteiger partial charge in [0.15, 0.2) is 0 Å². The third-order valence-electron chi connectivity index (χ3n) is 6.48. The second kappa shape index (κ2) is 12.7. The summed E-state index contributed by atoms with van der Waals surface area (Å²) in [6.45, 7) is 4.17. The van der Waals surface area contributed by atoms with Crippen molar-refractivity contribution in [2.45, 2.75) is 13.8 Å². The van der Waals surface area contributed by atoms with Gasteiger partial charge in [0.2, 0.25) is 0 Å². The Morgan fingerprint density at radius 2 is 1.32 bits per heavy atom. The molecule has 0 spiro atoms. The van der Waals surface area contributed by atoms with Crippen LogP contribution in [0.3, 0.4) is 0 Å². The molecule has 0 saturated carbocycles. The number of pyridine rings is 1. The van der Waals surface area contributed by atoms with Crippen LogP contribution in [-0.2, 0) is 20.1 Å². The van der Waals surface area contributed by atoms with Crippen molar-refractivity contribution in [1.82, 2.24) is 15.0 Å². The molecule has 0 atom stereocenters. The van der Waals surface area contributed by atoms with Crippen LogP contribution in [0.2, 0.25) is 0 Å². The minimum Gasteiger partial charge on any atom is -0.358 e. The molecule has 0 aliphatic rings. The Morgan fingerprint density at radius 3 is 2.10 bits per heavy atom. The third kappa shape index (κ3) is 6.15. The van der Waals surface area contributed by atoms with Crippen molar-refractivity contribution < 1.29 is 20.1 Å². The summed E-state index contributed by atoms with van der Waals surface area (Å²) >= 11 is 0. The molecule has 0 radical (unpaired) electrons. The fraction of sp³-hybridized carbons (Fsp3) is 0.0556. The second-order valence-corrected chi connectivity index (χ2v) is 9.37. The molecule has 0 saturated heterocycles. The minimum absolute atomic E-state index is 0. The average molecular weight is 695 g/mol. The summed E-state index contributed by atoms with van der Waals surface area (Å²) in [6.07, 6.45) is 3.81. The van der Waals surface area contributed by atoms with E-state index in [0.29, 0.717) is 0 Å². The van der Waals surface area contributed by atoms with Crippen LogP contribution >= 0.6 is 0 Å². The summed E-state index contributed by atoms with van der Waals surface area (Å²) in [5.41, 5.74) is 6.36. The van der Waals surface area contributed by atoms with Gasteiger partial charge in [-0.05, 0) is 21.9 Å². The summed E-state index contributed by atoms with van der Waals surface area (Å²) in [5, 5.41) is 5.80. The van der Waals surface area contributed by atoms with E-state index in [4.69, 9.17) is 4.98 Å². The zero-order valence-electron chi connectivity index (χ0n) is 22.6. The Labute approximate surface area is 249 Å². The van der Waals surface area contributed by atoms with Crippen LogP contribution in [0.25, 0.3) is 55.1 Å². The summed E-state index contributed by atoms with van der Waals surface area (Å²) in [7, 11) is 0. The molecule has 0 amide bonds. The summed E-state index contributed by atoms with van der Waals surface area (Å²) < 4.78 is 0. The van der Waals surface area contributed by atoms with E-state index in [1.165, 1.54) is 21.7 Å². The van der Waals surface area contributed by atoms with Gasteiger partial charge in [-0.15, -0.1) is 70.8 Å². The number of benzene rings is 5. The maximum atomic E-state index is 4.73. The van der Waals surface area contributed by atoms with Crippen molar-refractivity contribution >= 4 is 32.4 Å². The predicted octanol–water partition coefficient (Wildman–Crippen LogP) is 9.02. The van der Waals surface area contributed by atoms with Gasteiger partial charge in [0.25, 0.3) is 0 Å². The zero-order valence-corrected chi connectivity index (χ0v) is 25.0. The molecule has 0 unspecified atom stereocenters. The number of hydrogen-bond acceptors (Lipinski definition) is 3. The fourth-order valence-electron chi connectivity index (χ4n) is 4.69. The molecule has 196 valence electrons. The van der Waals surface area contributed by atoms with Crippen LogP contribution in [0.5, 0.6) is 0 Å². The Balaban J connectivity index is 0.000000177. The third-order valence-corrected chi connectivity index (χ3v) is 6.48. The molecule has 7 rings (SSSR count). The molecular formula is C36H28IrN3. The molecule has 3 nitrogen and oxygen atoms in total. The van der Waals surface area contributed by atoms with E-state index in [0.717, 1.165) is 44.5 Å². The number of aryl methyl sites for hydroxylation is 2. The first kappa shape index (κ1) is 28.8. The van der Waals surface area contributed by atoms with Gasteiger partial charge in [0.05, 0.1) is 11.3 Å². The molecule has 0 aliphatic carbocycles. The van der Waals surface area contributed by atoms with Gasteiger partial charge in [0.1, 0.15) is 0 Å². The monoisotopic (exact) mass is 695 g/mol. The van der Waals surface area contributed by atoms with Crippen molar-refractivity contribution in [2.75, 3.05) is 0 Å². The number of nitrogens with zero attached hydrogens (tertiary/aromatic N) is 3.